The highest BCUT2D eigenvalue weighted by Crippen LogP contribution is 2.14. The zero-order chi connectivity index (χ0) is 10.7. The number of cyclic esters (lactones) is 1. The molecular weight excluding hydrogens is 184 g/mol. The lowest BCUT2D eigenvalue weighted by atomic mass is 10.2. The lowest BCUT2D eigenvalue weighted by Crippen LogP contribution is -2.45. The summed E-state index contributed by atoms with van der Waals surface area (Å²) in [6.07, 6.45) is -0.396. The van der Waals surface area contributed by atoms with E-state index in [0.29, 0.717) is 12.5 Å². The number of likely N-dealkylation sites (N-methyl/N-ethyl adjacent to an activating group) is 1. The summed E-state index contributed by atoms with van der Waals surface area (Å²) >= 11 is 0. The van der Waals surface area contributed by atoms with Gasteiger partial charge in [-0.15, -0.1) is 0 Å². The third-order valence-electron chi connectivity index (χ3n) is 2.09. The number of rotatable bonds is 3. The standard InChI is InChI=1S/C9H16N2O3/c1-6(2)4-11-7(8(12)10-3)5-14-9(11)13/h6-7H,4-5H2,1-3H3,(H,10,12)/t7-/m0/s1. The average Bonchev–Trinajstić information content (AvgIpc) is 2.46. The monoisotopic (exact) mass is 200 g/mol. The molecular formula is C9H16N2O3. The molecule has 1 aliphatic heterocycles. The van der Waals surface area contributed by atoms with Crippen LogP contribution in [0.2, 0.25) is 0 Å². The van der Waals surface area contributed by atoms with Crippen LogP contribution in [0.4, 0.5) is 4.79 Å². The molecule has 1 atom stereocenters. The summed E-state index contributed by atoms with van der Waals surface area (Å²) in [5.74, 6) is 0.157. The van der Waals surface area contributed by atoms with Crippen molar-refractivity contribution in [2.45, 2.75) is 19.9 Å². The van der Waals surface area contributed by atoms with Crippen LogP contribution >= 0.6 is 0 Å². The van der Waals surface area contributed by atoms with Gasteiger partial charge in [0.25, 0.3) is 0 Å². The van der Waals surface area contributed by atoms with E-state index < -0.39 is 12.1 Å². The topological polar surface area (TPSA) is 58.6 Å². The van der Waals surface area contributed by atoms with Crippen LogP contribution in [0.1, 0.15) is 13.8 Å². The van der Waals surface area contributed by atoms with Gasteiger partial charge in [0, 0.05) is 13.6 Å². The SMILES string of the molecule is CNC(=O)[C@@H]1COC(=O)N1CC(C)C. The Morgan fingerprint density at radius 3 is 2.86 bits per heavy atom. The Balaban J connectivity index is 2.66. The van der Waals surface area contributed by atoms with Crippen LogP contribution in [0.5, 0.6) is 0 Å². The second-order valence-corrected chi connectivity index (χ2v) is 3.75. The average molecular weight is 200 g/mol. The molecule has 14 heavy (non-hydrogen) atoms. The molecule has 1 fully saturated rings. The summed E-state index contributed by atoms with van der Waals surface area (Å²) in [4.78, 5) is 24.1. The molecule has 1 heterocycles. The molecule has 1 saturated heterocycles. The van der Waals surface area contributed by atoms with E-state index in [1.165, 1.54) is 4.90 Å². The van der Waals surface area contributed by atoms with Crippen molar-refractivity contribution < 1.29 is 14.3 Å². The number of hydrogen-bond donors (Lipinski definition) is 1. The van der Waals surface area contributed by atoms with E-state index in [9.17, 15) is 9.59 Å². The maximum atomic E-state index is 11.4. The number of carbonyl (C=O) groups excluding carboxylic acids is 2. The third kappa shape index (κ3) is 2.16. The van der Waals surface area contributed by atoms with Crippen molar-refractivity contribution in [2.75, 3.05) is 20.2 Å². The summed E-state index contributed by atoms with van der Waals surface area (Å²) in [5.41, 5.74) is 0. The predicted molar refractivity (Wildman–Crippen MR) is 50.7 cm³/mol. The maximum absolute atomic E-state index is 11.4. The van der Waals surface area contributed by atoms with Crippen LogP contribution < -0.4 is 5.32 Å². The molecule has 1 N–H and O–H groups in total. The van der Waals surface area contributed by atoms with E-state index in [1.807, 2.05) is 13.8 Å². The smallest absolute Gasteiger partial charge is 0.410 e. The quantitative estimate of drug-likeness (QED) is 0.708. The molecule has 0 aromatic heterocycles. The first-order valence-electron chi connectivity index (χ1n) is 4.71. The number of nitrogens with one attached hydrogen (secondary N) is 1. The van der Waals surface area contributed by atoms with E-state index in [-0.39, 0.29) is 12.5 Å². The van der Waals surface area contributed by atoms with Crippen LogP contribution in [0.25, 0.3) is 0 Å². The highest BCUT2D eigenvalue weighted by atomic mass is 16.6. The van der Waals surface area contributed by atoms with Crippen LogP contribution in [0.15, 0.2) is 0 Å². The first-order chi connectivity index (χ1) is 6.56. The molecule has 5 nitrogen and oxygen atoms in total. The zero-order valence-corrected chi connectivity index (χ0v) is 8.74. The molecule has 0 radical (unpaired) electrons. The van der Waals surface area contributed by atoms with Gasteiger partial charge in [0.2, 0.25) is 5.91 Å². The van der Waals surface area contributed by atoms with Crippen molar-refractivity contribution in [3.63, 3.8) is 0 Å². The number of nitrogens with zero attached hydrogens (tertiary/aromatic N) is 1. The van der Waals surface area contributed by atoms with Gasteiger partial charge in [0.15, 0.2) is 0 Å². The van der Waals surface area contributed by atoms with Crippen molar-refractivity contribution in [1.29, 1.82) is 0 Å². The van der Waals surface area contributed by atoms with Crippen LogP contribution in [-0.4, -0.2) is 43.1 Å². The molecule has 0 aliphatic carbocycles. The Bertz CT molecular complexity index is 240. The lowest BCUT2D eigenvalue weighted by Gasteiger charge is -2.21. The second-order valence-electron chi connectivity index (χ2n) is 3.75. The molecule has 5 heteroatoms. The Morgan fingerprint density at radius 2 is 2.36 bits per heavy atom. The van der Waals surface area contributed by atoms with Crippen LogP contribution in [-0.2, 0) is 9.53 Å². The van der Waals surface area contributed by atoms with Gasteiger partial charge in [-0.05, 0) is 5.92 Å². The fourth-order valence-electron chi connectivity index (χ4n) is 1.43. The van der Waals surface area contributed by atoms with Gasteiger partial charge in [0.1, 0.15) is 12.6 Å². The van der Waals surface area contributed by atoms with Crippen molar-refractivity contribution in [1.82, 2.24) is 10.2 Å². The van der Waals surface area contributed by atoms with Crippen molar-refractivity contribution in [2.24, 2.45) is 5.92 Å². The normalized spacial score (nSPS) is 21.3. The van der Waals surface area contributed by atoms with Gasteiger partial charge >= 0.3 is 6.09 Å². The Kier molecular flexibility index (Phi) is 3.33. The third-order valence-corrected chi connectivity index (χ3v) is 2.09. The van der Waals surface area contributed by atoms with Crippen molar-refractivity contribution in [3.05, 3.63) is 0 Å². The highest BCUT2D eigenvalue weighted by Gasteiger charge is 2.37. The molecule has 1 aliphatic rings. The van der Waals surface area contributed by atoms with E-state index in [2.05, 4.69) is 5.32 Å². The molecule has 0 spiro atoms. The van der Waals surface area contributed by atoms with Gasteiger partial charge in [-0.25, -0.2) is 4.79 Å². The summed E-state index contributed by atoms with van der Waals surface area (Å²) in [6.45, 7) is 4.70. The highest BCUT2D eigenvalue weighted by molar-refractivity contribution is 5.87. The van der Waals surface area contributed by atoms with E-state index in [4.69, 9.17) is 4.74 Å². The second kappa shape index (κ2) is 4.30. The first-order valence-corrected chi connectivity index (χ1v) is 4.71. The lowest BCUT2D eigenvalue weighted by molar-refractivity contribution is -0.124. The first kappa shape index (κ1) is 10.8. The van der Waals surface area contributed by atoms with E-state index in [0.717, 1.165) is 0 Å². The summed E-state index contributed by atoms with van der Waals surface area (Å²) < 4.78 is 4.83. The molecule has 80 valence electrons. The van der Waals surface area contributed by atoms with Gasteiger partial charge < -0.3 is 10.1 Å². The Hall–Kier alpha value is -1.26. The van der Waals surface area contributed by atoms with Gasteiger partial charge in [-0.1, -0.05) is 13.8 Å². The molecule has 0 bridgehead atoms. The molecule has 0 aromatic rings. The van der Waals surface area contributed by atoms with Crippen molar-refractivity contribution >= 4 is 12.0 Å². The van der Waals surface area contributed by atoms with E-state index in [1.54, 1.807) is 7.05 Å². The van der Waals surface area contributed by atoms with Crippen LogP contribution in [0.3, 0.4) is 0 Å². The Morgan fingerprint density at radius 1 is 1.71 bits per heavy atom. The fourth-order valence-corrected chi connectivity index (χ4v) is 1.43. The van der Waals surface area contributed by atoms with Crippen LogP contribution in [0, 0.1) is 5.92 Å². The zero-order valence-electron chi connectivity index (χ0n) is 8.74. The predicted octanol–water partition coefficient (Wildman–Crippen LogP) is 0.209. The van der Waals surface area contributed by atoms with Gasteiger partial charge in [0.05, 0.1) is 0 Å². The maximum Gasteiger partial charge on any atom is 0.410 e. The minimum atomic E-state index is -0.463. The number of hydrogen-bond acceptors (Lipinski definition) is 3. The molecule has 2 amide bonds. The van der Waals surface area contributed by atoms with Gasteiger partial charge in [-0.3, -0.25) is 9.69 Å². The summed E-state index contributed by atoms with van der Waals surface area (Å²) in [7, 11) is 1.55. The number of carbonyl (C=O) groups is 2. The molecule has 1 rings (SSSR count). The largest absolute Gasteiger partial charge is 0.447 e. The minimum absolute atomic E-state index is 0.158. The number of amides is 2. The fraction of sp³-hybridized carbons (Fsp3) is 0.778. The number of ether oxygens (including phenoxy) is 1. The summed E-state index contributed by atoms with van der Waals surface area (Å²) in [6, 6.07) is -0.463. The van der Waals surface area contributed by atoms with E-state index >= 15 is 0 Å². The van der Waals surface area contributed by atoms with Crippen molar-refractivity contribution in [3.8, 4) is 0 Å². The summed E-state index contributed by atoms with van der Waals surface area (Å²) in [5, 5.41) is 2.52. The Labute approximate surface area is 83.4 Å². The molecule has 0 aromatic carbocycles. The van der Waals surface area contributed by atoms with Gasteiger partial charge in [-0.2, -0.15) is 0 Å². The minimum Gasteiger partial charge on any atom is -0.447 e. The molecule has 0 unspecified atom stereocenters. The molecule has 0 saturated carbocycles.